The zero-order valence-electron chi connectivity index (χ0n) is 17.4. The molecule has 32 heavy (non-hydrogen) atoms. The molecule has 166 valence electrons. The Hall–Kier alpha value is -2.82. The fourth-order valence-electron chi connectivity index (χ4n) is 3.90. The van der Waals surface area contributed by atoms with Gasteiger partial charge >= 0.3 is 0 Å². The summed E-state index contributed by atoms with van der Waals surface area (Å²) in [5, 5.41) is 12.0. The SMILES string of the molecule is COc1cnc(Cl)cc1-c1cc(C)ncc1C(=O)Nc1nnc(O[C@H]2CCC23COC3)s1. The molecule has 11 heteroatoms. The molecule has 1 N–H and O–H groups in total. The lowest BCUT2D eigenvalue weighted by Crippen LogP contribution is -2.60. The Labute approximate surface area is 193 Å². The van der Waals surface area contributed by atoms with E-state index < -0.39 is 0 Å². The summed E-state index contributed by atoms with van der Waals surface area (Å²) in [6.45, 7) is 3.30. The van der Waals surface area contributed by atoms with Crippen LogP contribution in [-0.2, 0) is 4.74 Å². The standard InChI is InChI=1S/C21H20ClN5O4S/c1-11-5-12(13-6-17(22)24-8-15(13)29-2)14(7-23-11)18(28)25-19-26-27-20(32-19)31-16-3-4-21(16)9-30-10-21/h5-8,16H,3-4,9-10H2,1-2H3,(H,25,26,28)/t16-/m0/s1. The molecule has 2 aliphatic rings. The number of halogens is 1. The van der Waals surface area contributed by atoms with Crippen LogP contribution in [0.5, 0.6) is 10.9 Å². The molecule has 1 saturated carbocycles. The van der Waals surface area contributed by atoms with Crippen molar-refractivity contribution in [2.45, 2.75) is 25.9 Å². The number of carbonyl (C=O) groups excluding carboxylic acids is 1. The van der Waals surface area contributed by atoms with Crippen LogP contribution < -0.4 is 14.8 Å². The Balaban J connectivity index is 1.37. The summed E-state index contributed by atoms with van der Waals surface area (Å²) in [5.41, 5.74) is 2.48. The van der Waals surface area contributed by atoms with Gasteiger partial charge in [-0.25, -0.2) is 4.98 Å². The Morgan fingerprint density at radius 2 is 2.09 bits per heavy atom. The number of methoxy groups -OCH3 is 1. The van der Waals surface area contributed by atoms with Crippen LogP contribution in [0.2, 0.25) is 5.15 Å². The Kier molecular flexibility index (Phi) is 5.44. The fourth-order valence-corrected chi connectivity index (χ4v) is 4.69. The molecule has 1 aliphatic heterocycles. The van der Waals surface area contributed by atoms with Crippen molar-refractivity contribution >= 4 is 34.0 Å². The van der Waals surface area contributed by atoms with Gasteiger partial charge < -0.3 is 14.2 Å². The van der Waals surface area contributed by atoms with Crippen LogP contribution in [-0.4, -0.2) is 52.5 Å². The molecule has 1 atom stereocenters. The maximum atomic E-state index is 13.1. The largest absolute Gasteiger partial charge is 0.494 e. The van der Waals surface area contributed by atoms with Crippen molar-refractivity contribution in [2.24, 2.45) is 5.41 Å². The van der Waals surface area contributed by atoms with Crippen LogP contribution in [0.1, 0.15) is 28.9 Å². The number of carbonyl (C=O) groups is 1. The van der Waals surface area contributed by atoms with Gasteiger partial charge in [-0.2, -0.15) is 0 Å². The second-order valence-corrected chi connectivity index (χ2v) is 9.23. The highest BCUT2D eigenvalue weighted by molar-refractivity contribution is 7.17. The number of amides is 1. The van der Waals surface area contributed by atoms with E-state index in [1.165, 1.54) is 30.8 Å². The Morgan fingerprint density at radius 3 is 2.78 bits per heavy atom. The normalized spacial score (nSPS) is 18.5. The predicted octanol–water partition coefficient (Wildman–Crippen LogP) is 3.78. The third kappa shape index (κ3) is 3.78. The summed E-state index contributed by atoms with van der Waals surface area (Å²) in [6, 6.07) is 3.45. The minimum atomic E-state index is -0.377. The number of rotatable bonds is 6. The molecule has 2 fully saturated rings. The van der Waals surface area contributed by atoms with E-state index >= 15 is 0 Å². The maximum absolute atomic E-state index is 13.1. The van der Waals surface area contributed by atoms with Gasteiger partial charge in [0.25, 0.3) is 11.1 Å². The predicted molar refractivity (Wildman–Crippen MR) is 119 cm³/mol. The maximum Gasteiger partial charge on any atom is 0.296 e. The number of hydrogen-bond acceptors (Lipinski definition) is 9. The van der Waals surface area contributed by atoms with Crippen molar-refractivity contribution < 1.29 is 19.0 Å². The van der Waals surface area contributed by atoms with Crippen molar-refractivity contribution in [2.75, 3.05) is 25.6 Å². The van der Waals surface area contributed by atoms with Crippen LogP contribution in [0, 0.1) is 12.3 Å². The first-order valence-electron chi connectivity index (χ1n) is 10.0. The summed E-state index contributed by atoms with van der Waals surface area (Å²) in [4.78, 5) is 21.4. The number of aromatic nitrogens is 4. The average Bonchev–Trinajstić information content (AvgIpc) is 3.17. The van der Waals surface area contributed by atoms with Crippen molar-refractivity contribution in [1.29, 1.82) is 0 Å². The number of ether oxygens (including phenoxy) is 3. The first kappa shape index (κ1) is 21.0. The third-order valence-corrected chi connectivity index (χ3v) is 6.80. The van der Waals surface area contributed by atoms with Gasteiger partial charge in [0.1, 0.15) is 17.0 Å². The summed E-state index contributed by atoms with van der Waals surface area (Å²) in [5.74, 6) is 0.118. The molecule has 1 spiro atoms. The molecule has 0 bridgehead atoms. The van der Waals surface area contributed by atoms with Crippen molar-refractivity contribution in [1.82, 2.24) is 20.2 Å². The summed E-state index contributed by atoms with van der Waals surface area (Å²) >= 11 is 7.29. The van der Waals surface area contributed by atoms with Gasteiger partial charge in [0, 0.05) is 23.0 Å². The molecule has 4 heterocycles. The zero-order valence-corrected chi connectivity index (χ0v) is 19.0. The molecular formula is C21H20ClN5O4S. The van der Waals surface area contributed by atoms with Crippen LogP contribution in [0.3, 0.4) is 0 Å². The summed E-state index contributed by atoms with van der Waals surface area (Å²) in [6.07, 6.45) is 5.19. The monoisotopic (exact) mass is 473 g/mol. The van der Waals surface area contributed by atoms with E-state index in [2.05, 4.69) is 25.5 Å². The van der Waals surface area contributed by atoms with E-state index in [4.69, 9.17) is 25.8 Å². The van der Waals surface area contributed by atoms with Crippen LogP contribution >= 0.6 is 22.9 Å². The van der Waals surface area contributed by atoms with Crippen LogP contribution in [0.4, 0.5) is 5.13 Å². The molecule has 0 radical (unpaired) electrons. The number of pyridine rings is 2. The highest BCUT2D eigenvalue weighted by Gasteiger charge is 2.54. The van der Waals surface area contributed by atoms with E-state index in [0.29, 0.717) is 32.8 Å². The smallest absolute Gasteiger partial charge is 0.296 e. The first-order valence-corrected chi connectivity index (χ1v) is 11.2. The zero-order chi connectivity index (χ0) is 22.3. The van der Waals surface area contributed by atoms with E-state index in [-0.39, 0.29) is 22.6 Å². The molecule has 0 aromatic carbocycles. The third-order valence-electron chi connectivity index (χ3n) is 5.87. The van der Waals surface area contributed by atoms with Crippen LogP contribution in [0.25, 0.3) is 11.1 Å². The lowest BCUT2D eigenvalue weighted by atomic mass is 9.64. The van der Waals surface area contributed by atoms with E-state index in [9.17, 15) is 4.79 Å². The van der Waals surface area contributed by atoms with Gasteiger partial charge in [0.2, 0.25) is 5.13 Å². The Morgan fingerprint density at radius 1 is 1.25 bits per heavy atom. The molecule has 3 aromatic rings. The van der Waals surface area contributed by atoms with E-state index in [0.717, 1.165) is 31.7 Å². The number of nitrogens with zero attached hydrogens (tertiary/aromatic N) is 4. The first-order chi connectivity index (χ1) is 15.5. The minimum Gasteiger partial charge on any atom is -0.494 e. The molecule has 1 aliphatic carbocycles. The summed E-state index contributed by atoms with van der Waals surface area (Å²) < 4.78 is 16.7. The topological polar surface area (TPSA) is 108 Å². The number of hydrogen-bond donors (Lipinski definition) is 1. The number of nitrogens with one attached hydrogen (secondary N) is 1. The lowest BCUT2D eigenvalue weighted by Gasteiger charge is -2.53. The molecule has 1 amide bonds. The van der Waals surface area contributed by atoms with Gasteiger partial charge in [-0.05, 0) is 43.2 Å². The number of anilines is 1. The van der Waals surface area contributed by atoms with Gasteiger partial charge in [-0.1, -0.05) is 16.7 Å². The fraction of sp³-hybridized carbons (Fsp3) is 0.381. The highest BCUT2D eigenvalue weighted by Crippen LogP contribution is 2.49. The van der Waals surface area contributed by atoms with Gasteiger partial charge in [0.15, 0.2) is 0 Å². The van der Waals surface area contributed by atoms with Gasteiger partial charge in [0.05, 0.1) is 37.5 Å². The van der Waals surface area contributed by atoms with Crippen molar-refractivity contribution in [3.8, 4) is 22.1 Å². The van der Waals surface area contributed by atoms with Crippen molar-refractivity contribution in [3.05, 3.63) is 40.9 Å². The van der Waals surface area contributed by atoms with Crippen molar-refractivity contribution in [3.63, 3.8) is 0 Å². The molecule has 9 nitrogen and oxygen atoms in total. The minimum absolute atomic E-state index is 0.0876. The van der Waals surface area contributed by atoms with Gasteiger partial charge in [-0.15, -0.1) is 5.10 Å². The quantitative estimate of drug-likeness (QED) is 0.539. The average molecular weight is 474 g/mol. The molecule has 1 saturated heterocycles. The number of aryl methyl sites for hydroxylation is 1. The lowest BCUT2D eigenvalue weighted by molar-refractivity contribution is -0.213. The van der Waals surface area contributed by atoms with Crippen LogP contribution in [0.15, 0.2) is 24.5 Å². The molecular weight excluding hydrogens is 454 g/mol. The van der Waals surface area contributed by atoms with Gasteiger partial charge in [-0.3, -0.25) is 15.1 Å². The second-order valence-electron chi connectivity index (χ2n) is 7.91. The molecule has 5 rings (SSSR count). The molecule has 3 aromatic heterocycles. The Bertz CT molecular complexity index is 1180. The van der Waals surface area contributed by atoms with E-state index in [1.54, 1.807) is 12.1 Å². The highest BCUT2D eigenvalue weighted by atomic mass is 35.5. The summed E-state index contributed by atoms with van der Waals surface area (Å²) in [7, 11) is 1.53. The van der Waals surface area contributed by atoms with E-state index in [1.807, 2.05) is 6.92 Å². The molecule has 0 unspecified atom stereocenters. The second kappa shape index (κ2) is 8.27.